The Morgan fingerprint density at radius 2 is 2.29 bits per heavy atom. The Labute approximate surface area is 93.4 Å². The standard InChI is InChI=1S/C7H4BrN3O2.ClH/c8-6-3-5(11(12)13)4-10-2-1-9-7(6)10;/h1-4H;1H. The third kappa shape index (κ3) is 1.71. The fourth-order valence-corrected chi connectivity index (χ4v) is 1.62. The number of hydrogen-bond donors (Lipinski definition) is 0. The van der Waals surface area contributed by atoms with Crippen LogP contribution >= 0.6 is 28.3 Å². The van der Waals surface area contributed by atoms with Gasteiger partial charge in [-0.05, 0) is 15.9 Å². The molecule has 14 heavy (non-hydrogen) atoms. The van der Waals surface area contributed by atoms with Crippen LogP contribution in [0.3, 0.4) is 0 Å². The Morgan fingerprint density at radius 3 is 2.93 bits per heavy atom. The van der Waals surface area contributed by atoms with Crippen molar-refractivity contribution in [3.05, 3.63) is 39.2 Å². The highest BCUT2D eigenvalue weighted by Crippen LogP contribution is 2.22. The van der Waals surface area contributed by atoms with Crippen LogP contribution in [0, 0.1) is 10.1 Å². The maximum absolute atomic E-state index is 10.5. The monoisotopic (exact) mass is 277 g/mol. The number of rotatable bonds is 1. The van der Waals surface area contributed by atoms with E-state index in [1.807, 2.05) is 0 Å². The molecule has 2 aromatic heterocycles. The van der Waals surface area contributed by atoms with Crippen LogP contribution in [0.1, 0.15) is 0 Å². The van der Waals surface area contributed by atoms with E-state index < -0.39 is 4.92 Å². The van der Waals surface area contributed by atoms with Crippen molar-refractivity contribution < 1.29 is 4.92 Å². The van der Waals surface area contributed by atoms with Crippen molar-refractivity contribution in [1.29, 1.82) is 0 Å². The molecule has 0 amide bonds. The minimum atomic E-state index is -0.440. The lowest BCUT2D eigenvalue weighted by Crippen LogP contribution is -1.92. The maximum atomic E-state index is 10.5. The van der Waals surface area contributed by atoms with Crippen LogP contribution in [0.4, 0.5) is 5.69 Å². The predicted octanol–water partition coefficient (Wildman–Crippen LogP) is 2.43. The van der Waals surface area contributed by atoms with Crippen molar-refractivity contribution >= 4 is 39.7 Å². The second kappa shape index (κ2) is 3.93. The molecular weight excluding hydrogens is 273 g/mol. The average Bonchev–Trinajstić information content (AvgIpc) is 2.51. The van der Waals surface area contributed by atoms with Crippen molar-refractivity contribution in [2.45, 2.75) is 0 Å². The van der Waals surface area contributed by atoms with Gasteiger partial charge in [0.1, 0.15) is 0 Å². The van der Waals surface area contributed by atoms with Gasteiger partial charge < -0.3 is 0 Å². The van der Waals surface area contributed by atoms with Crippen molar-refractivity contribution in [3.8, 4) is 0 Å². The maximum Gasteiger partial charge on any atom is 0.287 e. The van der Waals surface area contributed by atoms with E-state index in [0.717, 1.165) is 0 Å². The molecule has 2 heterocycles. The molecule has 0 aliphatic heterocycles. The highest BCUT2D eigenvalue weighted by atomic mass is 79.9. The molecule has 7 heteroatoms. The number of nitro groups is 1. The molecule has 0 unspecified atom stereocenters. The Kier molecular flexibility index (Phi) is 3.07. The van der Waals surface area contributed by atoms with E-state index >= 15 is 0 Å². The van der Waals surface area contributed by atoms with Crippen LogP contribution in [0.5, 0.6) is 0 Å². The van der Waals surface area contributed by atoms with Crippen molar-refractivity contribution in [2.24, 2.45) is 0 Å². The van der Waals surface area contributed by atoms with Gasteiger partial charge in [0.25, 0.3) is 5.69 Å². The molecule has 5 nitrogen and oxygen atoms in total. The van der Waals surface area contributed by atoms with Crippen molar-refractivity contribution in [1.82, 2.24) is 9.38 Å². The van der Waals surface area contributed by atoms with Crippen molar-refractivity contribution in [3.63, 3.8) is 0 Å². The van der Waals surface area contributed by atoms with E-state index in [1.54, 1.807) is 16.8 Å². The molecule has 0 aromatic carbocycles. The zero-order chi connectivity index (χ0) is 9.42. The number of pyridine rings is 1. The van der Waals surface area contributed by atoms with E-state index in [4.69, 9.17) is 0 Å². The van der Waals surface area contributed by atoms with Gasteiger partial charge in [0.15, 0.2) is 5.65 Å². The van der Waals surface area contributed by atoms with Gasteiger partial charge >= 0.3 is 0 Å². The summed E-state index contributed by atoms with van der Waals surface area (Å²) >= 11 is 3.21. The molecule has 0 saturated carbocycles. The lowest BCUT2D eigenvalue weighted by molar-refractivity contribution is -0.385. The molecule has 0 N–H and O–H groups in total. The summed E-state index contributed by atoms with van der Waals surface area (Å²) in [4.78, 5) is 14.0. The summed E-state index contributed by atoms with van der Waals surface area (Å²) in [6, 6.07) is 1.43. The minimum Gasteiger partial charge on any atom is -0.299 e. The minimum absolute atomic E-state index is 0. The van der Waals surface area contributed by atoms with Gasteiger partial charge in [0, 0.05) is 18.5 Å². The summed E-state index contributed by atoms with van der Waals surface area (Å²) in [5, 5.41) is 10.5. The van der Waals surface area contributed by atoms with Crippen LogP contribution in [-0.4, -0.2) is 14.3 Å². The van der Waals surface area contributed by atoms with Gasteiger partial charge in [0.2, 0.25) is 0 Å². The summed E-state index contributed by atoms with van der Waals surface area (Å²) in [6.07, 6.45) is 4.67. The number of aromatic nitrogens is 2. The van der Waals surface area contributed by atoms with E-state index in [2.05, 4.69) is 20.9 Å². The molecule has 0 bridgehead atoms. The molecule has 0 fully saturated rings. The average molecular weight is 278 g/mol. The molecule has 0 aliphatic rings. The highest BCUT2D eigenvalue weighted by Gasteiger charge is 2.10. The summed E-state index contributed by atoms with van der Waals surface area (Å²) in [5.41, 5.74) is 0.711. The molecule has 2 aromatic rings. The predicted molar refractivity (Wildman–Crippen MR) is 56.8 cm³/mol. The largest absolute Gasteiger partial charge is 0.299 e. The Morgan fingerprint density at radius 1 is 1.57 bits per heavy atom. The van der Waals surface area contributed by atoms with Gasteiger partial charge in [-0.15, -0.1) is 12.4 Å². The van der Waals surface area contributed by atoms with E-state index in [-0.39, 0.29) is 18.1 Å². The zero-order valence-corrected chi connectivity index (χ0v) is 9.16. The first kappa shape index (κ1) is 10.9. The molecule has 0 radical (unpaired) electrons. The number of nitrogens with zero attached hydrogens (tertiary/aromatic N) is 3. The fraction of sp³-hybridized carbons (Fsp3) is 0. The van der Waals surface area contributed by atoms with Crippen LogP contribution < -0.4 is 0 Å². The van der Waals surface area contributed by atoms with Gasteiger partial charge in [0.05, 0.1) is 15.6 Å². The van der Waals surface area contributed by atoms with Gasteiger partial charge in [-0.3, -0.25) is 14.5 Å². The first-order chi connectivity index (χ1) is 6.18. The number of halogens is 2. The summed E-state index contributed by atoms with van der Waals surface area (Å²) in [7, 11) is 0. The first-order valence-electron chi connectivity index (χ1n) is 3.45. The molecule has 0 spiro atoms. The molecule has 74 valence electrons. The molecule has 0 aliphatic carbocycles. The molecular formula is C7H5BrClN3O2. The highest BCUT2D eigenvalue weighted by molar-refractivity contribution is 9.10. The number of imidazole rings is 1. The SMILES string of the molecule is Cl.O=[N+]([O-])c1cc(Br)c2nccn2c1. The lowest BCUT2D eigenvalue weighted by Gasteiger charge is -1.96. The first-order valence-corrected chi connectivity index (χ1v) is 4.24. The van der Waals surface area contributed by atoms with Gasteiger partial charge in [-0.2, -0.15) is 0 Å². The van der Waals surface area contributed by atoms with Crippen LogP contribution in [0.25, 0.3) is 5.65 Å². The van der Waals surface area contributed by atoms with Gasteiger partial charge in [-0.1, -0.05) is 0 Å². The summed E-state index contributed by atoms with van der Waals surface area (Å²) < 4.78 is 2.22. The summed E-state index contributed by atoms with van der Waals surface area (Å²) in [5.74, 6) is 0. The molecule has 0 atom stereocenters. The van der Waals surface area contributed by atoms with Crippen LogP contribution in [0.15, 0.2) is 29.1 Å². The normalized spacial score (nSPS) is 9.79. The van der Waals surface area contributed by atoms with E-state index in [9.17, 15) is 10.1 Å². The second-order valence-corrected chi connectivity index (χ2v) is 3.32. The van der Waals surface area contributed by atoms with Crippen molar-refractivity contribution in [2.75, 3.05) is 0 Å². The van der Waals surface area contributed by atoms with E-state index in [1.165, 1.54) is 12.3 Å². The van der Waals surface area contributed by atoms with E-state index in [0.29, 0.717) is 10.1 Å². The van der Waals surface area contributed by atoms with Crippen LogP contribution in [-0.2, 0) is 0 Å². The smallest absolute Gasteiger partial charge is 0.287 e. The summed E-state index contributed by atoms with van der Waals surface area (Å²) in [6.45, 7) is 0. The third-order valence-electron chi connectivity index (χ3n) is 1.64. The fourth-order valence-electron chi connectivity index (χ4n) is 1.08. The Bertz CT molecular complexity index is 485. The van der Waals surface area contributed by atoms with Crippen LogP contribution in [0.2, 0.25) is 0 Å². The number of hydrogen-bond acceptors (Lipinski definition) is 3. The lowest BCUT2D eigenvalue weighted by atomic mass is 10.4. The Balaban J connectivity index is 0.000000980. The number of fused-ring (bicyclic) bond motifs is 1. The molecule has 2 rings (SSSR count). The second-order valence-electron chi connectivity index (χ2n) is 2.46. The van der Waals surface area contributed by atoms with Gasteiger partial charge in [-0.25, -0.2) is 4.98 Å². The Hall–Kier alpha value is -1.14. The zero-order valence-electron chi connectivity index (χ0n) is 6.75. The quantitative estimate of drug-likeness (QED) is 0.594. The third-order valence-corrected chi connectivity index (χ3v) is 2.22. The topological polar surface area (TPSA) is 60.4 Å². The molecule has 0 saturated heterocycles.